The monoisotopic (exact) mass is 409 g/mol. The normalized spacial score (nSPS) is 26.3. The molecule has 0 unspecified atom stereocenters. The van der Waals surface area contributed by atoms with Gasteiger partial charge in [-0.3, -0.25) is 19.3 Å². The molecule has 30 heavy (non-hydrogen) atoms. The van der Waals surface area contributed by atoms with E-state index in [-0.39, 0.29) is 41.6 Å². The van der Waals surface area contributed by atoms with Gasteiger partial charge in [-0.05, 0) is 49.7 Å². The van der Waals surface area contributed by atoms with Crippen molar-refractivity contribution >= 4 is 28.6 Å². The van der Waals surface area contributed by atoms with E-state index in [9.17, 15) is 14.4 Å². The summed E-state index contributed by atoms with van der Waals surface area (Å²) in [7, 11) is 0. The lowest BCUT2D eigenvalue weighted by atomic mass is 9.62. The van der Waals surface area contributed by atoms with Gasteiger partial charge >= 0.3 is 0 Å². The summed E-state index contributed by atoms with van der Waals surface area (Å²) in [5.41, 5.74) is 2.48. The van der Waals surface area contributed by atoms with Gasteiger partial charge in [-0.15, -0.1) is 0 Å². The van der Waals surface area contributed by atoms with E-state index >= 15 is 0 Å². The minimum Gasteiger partial charge on any atom is -0.361 e. The zero-order valence-electron chi connectivity index (χ0n) is 18.5. The minimum atomic E-state index is -0.584. The number of aryl methyl sites for hydroxylation is 1. The molecular weight excluding hydrogens is 378 g/mol. The molecule has 1 saturated carbocycles. The van der Waals surface area contributed by atoms with E-state index in [1.165, 1.54) is 10.5 Å². The SMILES string of the molecule is Cc1cccc2c(C[C@H](C)NC(=O)CN3C(=O)[C@H]4CC[C@@](C)(C3=O)C4(C)C)c[nH]c12. The van der Waals surface area contributed by atoms with Crippen molar-refractivity contribution in [1.82, 2.24) is 15.2 Å². The Morgan fingerprint density at radius 3 is 2.77 bits per heavy atom. The number of aromatic amines is 1. The minimum absolute atomic E-state index is 0.115. The van der Waals surface area contributed by atoms with Crippen LogP contribution < -0.4 is 5.32 Å². The highest BCUT2D eigenvalue weighted by atomic mass is 16.2. The van der Waals surface area contributed by atoms with Crippen LogP contribution in [0.1, 0.15) is 51.7 Å². The van der Waals surface area contributed by atoms with E-state index in [4.69, 9.17) is 0 Å². The van der Waals surface area contributed by atoms with Crippen LogP contribution in [0.2, 0.25) is 0 Å². The molecule has 1 saturated heterocycles. The molecule has 1 aromatic heterocycles. The molecule has 2 heterocycles. The highest BCUT2D eigenvalue weighted by Crippen LogP contribution is 2.59. The molecule has 6 nitrogen and oxygen atoms in total. The van der Waals surface area contributed by atoms with Gasteiger partial charge in [0.15, 0.2) is 0 Å². The summed E-state index contributed by atoms with van der Waals surface area (Å²) in [6, 6.07) is 6.06. The average molecular weight is 410 g/mol. The molecule has 6 heteroatoms. The highest BCUT2D eigenvalue weighted by molar-refractivity contribution is 6.06. The molecule has 3 amide bonds. The van der Waals surface area contributed by atoms with Crippen molar-refractivity contribution in [2.75, 3.05) is 6.54 Å². The zero-order chi connectivity index (χ0) is 21.8. The van der Waals surface area contributed by atoms with Crippen molar-refractivity contribution in [3.05, 3.63) is 35.5 Å². The third kappa shape index (κ3) is 2.96. The van der Waals surface area contributed by atoms with E-state index in [0.717, 1.165) is 16.5 Å². The fraction of sp³-hybridized carbons (Fsp3) is 0.542. The second kappa shape index (κ2) is 6.96. The van der Waals surface area contributed by atoms with Gasteiger partial charge in [0.1, 0.15) is 6.54 Å². The molecule has 2 N–H and O–H groups in total. The van der Waals surface area contributed by atoms with Crippen LogP contribution in [0, 0.1) is 23.7 Å². The number of rotatable bonds is 5. The molecule has 2 bridgehead atoms. The Bertz CT molecular complexity index is 1040. The number of imide groups is 1. The van der Waals surface area contributed by atoms with E-state index in [2.05, 4.69) is 29.4 Å². The van der Waals surface area contributed by atoms with E-state index < -0.39 is 5.41 Å². The number of fused-ring (bicyclic) bond motifs is 3. The predicted octanol–water partition coefficient (Wildman–Crippen LogP) is 3.33. The summed E-state index contributed by atoms with van der Waals surface area (Å²) in [6.45, 7) is 9.76. The molecule has 0 radical (unpaired) electrons. The van der Waals surface area contributed by atoms with E-state index in [1.807, 2.05) is 40.0 Å². The van der Waals surface area contributed by atoms with Crippen molar-refractivity contribution in [2.45, 2.75) is 59.9 Å². The van der Waals surface area contributed by atoms with Crippen molar-refractivity contribution in [1.29, 1.82) is 0 Å². The number of aromatic nitrogens is 1. The average Bonchev–Trinajstić information content (AvgIpc) is 3.15. The van der Waals surface area contributed by atoms with Gasteiger partial charge in [0, 0.05) is 29.1 Å². The lowest BCUT2D eigenvalue weighted by Gasteiger charge is -2.47. The maximum atomic E-state index is 13.1. The third-order valence-corrected chi connectivity index (χ3v) is 7.75. The third-order valence-electron chi connectivity index (χ3n) is 7.75. The number of carbonyl (C=O) groups is 3. The first-order chi connectivity index (χ1) is 14.1. The second-order valence-corrected chi connectivity index (χ2v) is 9.86. The largest absolute Gasteiger partial charge is 0.361 e. The van der Waals surface area contributed by atoms with Crippen LogP contribution in [0.4, 0.5) is 0 Å². The maximum absolute atomic E-state index is 13.1. The first kappa shape index (κ1) is 20.6. The Morgan fingerprint density at radius 1 is 1.30 bits per heavy atom. The fourth-order valence-electron chi connectivity index (χ4n) is 5.43. The van der Waals surface area contributed by atoms with Gasteiger partial charge in [-0.1, -0.05) is 39.0 Å². The molecule has 1 aliphatic heterocycles. The lowest BCUT2D eigenvalue weighted by molar-refractivity contribution is -0.169. The number of amides is 3. The van der Waals surface area contributed by atoms with Gasteiger partial charge in [0.25, 0.3) is 0 Å². The van der Waals surface area contributed by atoms with Gasteiger partial charge in [-0.25, -0.2) is 0 Å². The molecule has 0 spiro atoms. The molecule has 1 aromatic carbocycles. The number of para-hydroxylation sites is 1. The Balaban J connectivity index is 1.43. The number of benzene rings is 1. The number of H-pyrrole nitrogens is 1. The van der Waals surface area contributed by atoms with Crippen molar-refractivity contribution in [3.8, 4) is 0 Å². The van der Waals surface area contributed by atoms with Crippen LogP contribution in [0.3, 0.4) is 0 Å². The number of likely N-dealkylation sites (tertiary alicyclic amines) is 1. The molecule has 2 aliphatic rings. The van der Waals surface area contributed by atoms with Gasteiger partial charge in [0.2, 0.25) is 17.7 Å². The number of nitrogens with one attached hydrogen (secondary N) is 2. The highest BCUT2D eigenvalue weighted by Gasteiger charge is 2.64. The van der Waals surface area contributed by atoms with Crippen LogP contribution in [0.25, 0.3) is 10.9 Å². The standard InChI is InChI=1S/C24H31N3O3/c1-14-7-6-8-17-16(12-25-20(14)17)11-15(2)26-19(28)13-27-21(29)18-9-10-24(5,22(27)30)23(18,3)4/h6-8,12,15,18,25H,9-11,13H2,1-5H3,(H,26,28)/t15-,18+,24-/m0/s1. The van der Waals surface area contributed by atoms with Crippen molar-refractivity contribution in [2.24, 2.45) is 16.7 Å². The summed E-state index contributed by atoms with van der Waals surface area (Å²) in [4.78, 5) is 43.2. The Hall–Kier alpha value is -2.63. The first-order valence-electron chi connectivity index (χ1n) is 10.8. The molecule has 1 aliphatic carbocycles. The number of carbonyl (C=O) groups excluding carboxylic acids is 3. The summed E-state index contributed by atoms with van der Waals surface area (Å²) in [5.74, 6) is -0.890. The van der Waals surface area contributed by atoms with Crippen molar-refractivity contribution in [3.63, 3.8) is 0 Å². The molecule has 2 fully saturated rings. The molecule has 2 aromatic rings. The van der Waals surface area contributed by atoms with E-state index in [1.54, 1.807) is 0 Å². The summed E-state index contributed by atoms with van der Waals surface area (Å²) in [6.07, 6.45) is 4.06. The van der Waals surface area contributed by atoms with Crippen LogP contribution in [-0.2, 0) is 20.8 Å². The van der Waals surface area contributed by atoms with Crippen molar-refractivity contribution < 1.29 is 14.4 Å². The van der Waals surface area contributed by atoms with Crippen LogP contribution in [0.15, 0.2) is 24.4 Å². The topological polar surface area (TPSA) is 82.3 Å². The summed E-state index contributed by atoms with van der Waals surface area (Å²) >= 11 is 0. The second-order valence-electron chi connectivity index (χ2n) is 9.86. The van der Waals surface area contributed by atoms with Crippen LogP contribution in [-0.4, -0.2) is 40.2 Å². The quantitative estimate of drug-likeness (QED) is 0.743. The van der Waals surface area contributed by atoms with Gasteiger partial charge in [0.05, 0.1) is 5.41 Å². The van der Waals surface area contributed by atoms with Gasteiger partial charge in [-0.2, -0.15) is 0 Å². The van der Waals surface area contributed by atoms with Crippen LogP contribution in [0.5, 0.6) is 0 Å². The fourth-order valence-corrected chi connectivity index (χ4v) is 5.43. The van der Waals surface area contributed by atoms with Crippen LogP contribution >= 0.6 is 0 Å². The number of piperidine rings is 1. The summed E-state index contributed by atoms with van der Waals surface area (Å²) in [5, 5.41) is 4.13. The Morgan fingerprint density at radius 2 is 2.03 bits per heavy atom. The lowest BCUT2D eigenvalue weighted by Crippen LogP contribution is -2.60. The Kier molecular flexibility index (Phi) is 4.79. The number of nitrogens with zero attached hydrogens (tertiary/aromatic N) is 1. The van der Waals surface area contributed by atoms with E-state index in [0.29, 0.717) is 19.3 Å². The smallest absolute Gasteiger partial charge is 0.240 e. The zero-order valence-corrected chi connectivity index (χ0v) is 18.5. The first-order valence-corrected chi connectivity index (χ1v) is 10.8. The molecule has 4 rings (SSSR count). The molecular formula is C24H31N3O3. The Labute approximate surface area is 177 Å². The van der Waals surface area contributed by atoms with Gasteiger partial charge < -0.3 is 10.3 Å². The summed E-state index contributed by atoms with van der Waals surface area (Å²) < 4.78 is 0. The molecule has 3 atom stereocenters. The number of hydrogen-bond acceptors (Lipinski definition) is 3. The number of hydrogen-bond donors (Lipinski definition) is 2. The molecule has 160 valence electrons. The maximum Gasteiger partial charge on any atom is 0.240 e. The predicted molar refractivity (Wildman–Crippen MR) is 116 cm³/mol.